The fourth-order valence-corrected chi connectivity index (χ4v) is 2.09. The molecule has 2 rings (SSSR count). The van der Waals surface area contributed by atoms with Gasteiger partial charge in [-0.25, -0.2) is 0 Å². The van der Waals surface area contributed by atoms with Gasteiger partial charge in [0.05, 0.1) is 22.3 Å². The molecule has 4 heteroatoms. The van der Waals surface area contributed by atoms with Gasteiger partial charge in [-0.15, -0.1) is 0 Å². The van der Waals surface area contributed by atoms with Crippen molar-refractivity contribution in [2.75, 3.05) is 19.0 Å². The Labute approximate surface area is 151 Å². The molecule has 0 aliphatic rings. The van der Waals surface area contributed by atoms with Gasteiger partial charge in [-0.3, -0.25) is 4.79 Å². The van der Waals surface area contributed by atoms with Crippen LogP contribution in [0.2, 0.25) is 0 Å². The molecule has 0 fully saturated rings. The van der Waals surface area contributed by atoms with Crippen LogP contribution in [-0.4, -0.2) is 24.9 Å². The molecule has 0 bridgehead atoms. The Morgan fingerprint density at radius 3 is 2.68 bits per heavy atom. The van der Waals surface area contributed by atoms with Gasteiger partial charge in [0.25, 0.3) is 0 Å². The van der Waals surface area contributed by atoms with Crippen molar-refractivity contribution < 1.29 is 25.2 Å². The summed E-state index contributed by atoms with van der Waals surface area (Å²) in [4.78, 5) is 12.5. The van der Waals surface area contributed by atoms with Gasteiger partial charge in [0, 0.05) is 13.5 Å². The summed E-state index contributed by atoms with van der Waals surface area (Å²) >= 11 is 2.40. The van der Waals surface area contributed by atoms with Crippen LogP contribution in [0.3, 0.4) is 0 Å². The van der Waals surface area contributed by atoms with Crippen molar-refractivity contribution in [2.45, 2.75) is 25.6 Å². The molecule has 0 amide bonds. The van der Waals surface area contributed by atoms with Gasteiger partial charge in [0.1, 0.15) is 5.75 Å². The monoisotopic (exact) mass is 372 g/mol. The molecule has 0 aromatic heterocycles. The molecule has 0 heterocycles. The van der Waals surface area contributed by atoms with Gasteiger partial charge in [0.2, 0.25) is 0 Å². The van der Waals surface area contributed by atoms with E-state index in [4.69, 9.17) is 20.4 Å². The first-order chi connectivity index (χ1) is 13.5. The largest absolute Gasteiger partial charge is 0.497 e. The van der Waals surface area contributed by atoms with Crippen LogP contribution >= 0.6 is 15.9 Å². The number of hydrogen-bond acceptors (Lipinski definition) is 3. The van der Waals surface area contributed by atoms with E-state index in [1.165, 1.54) is 6.92 Å². The van der Waals surface area contributed by atoms with Crippen molar-refractivity contribution in [2.24, 2.45) is 0 Å². The Balaban J connectivity index is 2.28. The molecule has 0 aliphatic carbocycles. The molecule has 3 nitrogen and oxygen atoms in total. The van der Waals surface area contributed by atoms with Crippen molar-refractivity contribution in [1.29, 1.82) is 0 Å². The molecular formula is C18H21BrO3. The van der Waals surface area contributed by atoms with Crippen molar-refractivity contribution >= 4 is 32.7 Å². The van der Waals surface area contributed by atoms with Crippen molar-refractivity contribution in [3.8, 4) is 5.75 Å². The fourth-order valence-electron chi connectivity index (χ4n) is 1.99. The van der Waals surface area contributed by atoms with E-state index in [1.807, 2.05) is 6.07 Å². The quantitative estimate of drug-likeness (QED) is 0.523. The average molecular weight is 373 g/mol. The standard InChI is InChI=1S/C18H21BrO3/c1-13(18(20)22-10-4-3-9-19)14-5-6-16-12-17(21-2)8-7-15(16)11-14/h5-8,11-13H,3-4,9-10H2,1-2H3/t13-/m0/s1/i3D2,4D2,9D2,10D2. The summed E-state index contributed by atoms with van der Waals surface area (Å²) in [7, 11) is 1.55. The number of benzene rings is 2. The Morgan fingerprint density at radius 1 is 1.23 bits per heavy atom. The third-order valence-corrected chi connectivity index (χ3v) is 3.44. The summed E-state index contributed by atoms with van der Waals surface area (Å²) in [5, 5.41) is -1.25. The molecule has 1 atom stereocenters. The van der Waals surface area contributed by atoms with E-state index in [0.717, 1.165) is 10.8 Å². The molecule has 0 unspecified atom stereocenters. The summed E-state index contributed by atoms with van der Waals surface area (Å²) < 4.78 is 71.5. The van der Waals surface area contributed by atoms with Gasteiger partial charge < -0.3 is 9.47 Å². The number of ether oxygens (including phenoxy) is 2. The van der Waals surface area contributed by atoms with E-state index in [-0.39, 0.29) is 0 Å². The zero-order chi connectivity index (χ0) is 23.1. The van der Waals surface area contributed by atoms with Gasteiger partial charge in [-0.05, 0) is 48.1 Å². The molecule has 0 saturated carbocycles. The highest BCUT2D eigenvalue weighted by atomic mass is 79.9. The molecule has 2 aromatic rings. The summed E-state index contributed by atoms with van der Waals surface area (Å²) in [6.07, 6.45) is -6.85. The predicted molar refractivity (Wildman–Crippen MR) is 92.9 cm³/mol. The van der Waals surface area contributed by atoms with Gasteiger partial charge >= 0.3 is 5.97 Å². The maximum absolute atomic E-state index is 12.5. The molecular weight excluding hydrogens is 344 g/mol. The number of fused-ring (bicyclic) bond motifs is 1. The molecule has 0 N–H and O–H groups in total. The molecule has 22 heavy (non-hydrogen) atoms. The van der Waals surface area contributed by atoms with E-state index in [1.54, 1.807) is 37.4 Å². The van der Waals surface area contributed by atoms with Crippen LogP contribution in [0.25, 0.3) is 10.8 Å². The second kappa shape index (κ2) is 8.18. The Hall–Kier alpha value is -1.55. The number of carbonyl (C=O) groups is 1. The fraction of sp³-hybridized carbons (Fsp3) is 0.389. The third kappa shape index (κ3) is 4.23. The molecule has 2 aromatic carbocycles. The van der Waals surface area contributed by atoms with Gasteiger partial charge in [-0.1, -0.05) is 40.2 Å². The van der Waals surface area contributed by atoms with Gasteiger partial charge in [0.15, 0.2) is 0 Å². The van der Waals surface area contributed by atoms with Gasteiger partial charge in [-0.2, -0.15) is 0 Å². The van der Waals surface area contributed by atoms with Crippen LogP contribution in [0, 0.1) is 0 Å². The smallest absolute Gasteiger partial charge is 0.313 e. The Kier molecular flexibility index (Phi) is 3.32. The molecule has 0 aliphatic heterocycles. The van der Waals surface area contributed by atoms with Crippen LogP contribution in [0.5, 0.6) is 5.75 Å². The highest BCUT2D eigenvalue weighted by molar-refractivity contribution is 9.09. The van der Waals surface area contributed by atoms with E-state index in [2.05, 4.69) is 15.9 Å². The second-order valence-electron chi connectivity index (χ2n) is 4.56. The summed E-state index contributed by atoms with van der Waals surface area (Å²) in [6.45, 7) is -1.98. The zero-order valence-corrected chi connectivity index (χ0v) is 13.7. The minimum absolute atomic E-state index is 0.493. The van der Waals surface area contributed by atoms with Crippen LogP contribution in [0.4, 0.5) is 0 Å². The zero-order valence-electron chi connectivity index (χ0n) is 20.1. The minimum Gasteiger partial charge on any atom is -0.497 e. The van der Waals surface area contributed by atoms with Crippen molar-refractivity contribution in [3.05, 3.63) is 42.0 Å². The molecule has 0 radical (unpaired) electrons. The highest BCUT2D eigenvalue weighted by Gasteiger charge is 2.17. The lowest BCUT2D eigenvalue weighted by Gasteiger charge is -2.13. The maximum Gasteiger partial charge on any atom is 0.313 e. The summed E-state index contributed by atoms with van der Waals surface area (Å²) in [5.74, 6) is -1.42. The number of alkyl halides is 1. The van der Waals surface area contributed by atoms with Crippen LogP contribution in [0.15, 0.2) is 36.4 Å². The number of hydrogen-bond donors (Lipinski definition) is 0. The topological polar surface area (TPSA) is 35.5 Å². The SMILES string of the molecule is [2H]C([2H])(Br)C([2H])([2H])C([2H])([2H])C([2H])([2H])OC(=O)[C@@H](C)c1ccc2cc(OC)ccc2c1. The lowest BCUT2D eigenvalue weighted by molar-refractivity contribution is -0.145. The van der Waals surface area contributed by atoms with Crippen LogP contribution < -0.4 is 4.74 Å². The summed E-state index contributed by atoms with van der Waals surface area (Å²) in [5.41, 5.74) is 0.493. The highest BCUT2D eigenvalue weighted by Crippen LogP contribution is 2.25. The normalized spacial score (nSPS) is 20.1. The summed E-state index contributed by atoms with van der Waals surface area (Å²) in [6, 6.07) is 10.5. The van der Waals surface area contributed by atoms with Crippen molar-refractivity contribution in [1.82, 2.24) is 0 Å². The number of halogens is 1. The number of carbonyl (C=O) groups excluding carboxylic acids is 1. The molecule has 118 valence electrons. The first kappa shape index (κ1) is 8.92. The lowest BCUT2D eigenvalue weighted by Crippen LogP contribution is -2.14. The molecule has 0 spiro atoms. The minimum atomic E-state index is -3.50. The van der Waals surface area contributed by atoms with E-state index in [9.17, 15) is 4.79 Å². The average Bonchev–Trinajstić information content (AvgIpc) is 2.64. The first-order valence-corrected chi connectivity index (χ1v) is 7.34. The van der Waals surface area contributed by atoms with E-state index < -0.39 is 36.5 Å². The second-order valence-corrected chi connectivity index (χ2v) is 4.96. The number of esters is 1. The Bertz CT molecular complexity index is 943. The first-order valence-electron chi connectivity index (χ1n) is 10.5. The Morgan fingerprint density at radius 2 is 1.95 bits per heavy atom. The number of methoxy groups -OCH3 is 1. The third-order valence-electron chi connectivity index (χ3n) is 3.24. The van der Waals surface area contributed by atoms with Crippen LogP contribution in [-0.2, 0) is 9.53 Å². The van der Waals surface area contributed by atoms with E-state index >= 15 is 0 Å². The van der Waals surface area contributed by atoms with Crippen molar-refractivity contribution in [3.63, 3.8) is 0 Å². The van der Waals surface area contributed by atoms with Crippen LogP contribution in [0.1, 0.15) is 42.1 Å². The lowest BCUT2D eigenvalue weighted by atomic mass is 9.98. The number of rotatable bonds is 7. The maximum atomic E-state index is 12.5. The molecule has 0 saturated heterocycles. The predicted octanol–water partition coefficient (Wildman–Crippen LogP) is 4.67. The van der Waals surface area contributed by atoms with E-state index in [0.29, 0.717) is 11.3 Å².